The molecule has 1 atom stereocenters. The van der Waals surface area contributed by atoms with Crippen LogP contribution in [-0.4, -0.2) is 37.2 Å². The Bertz CT molecular complexity index is 1000. The maximum atomic E-state index is 12.8. The van der Waals surface area contributed by atoms with Gasteiger partial charge in [0.15, 0.2) is 6.10 Å². The van der Waals surface area contributed by atoms with Gasteiger partial charge in [0.25, 0.3) is 0 Å². The Morgan fingerprint density at radius 3 is 0.935 bits per heavy atom. The predicted molar refractivity (Wildman–Crippen MR) is 266 cm³/mol. The largest absolute Gasteiger partial charge is 0.462 e. The molecule has 0 N–H and O–H groups in total. The predicted octanol–water partition coefficient (Wildman–Crippen LogP) is 17.9. The molecular weight excluding hydrogens is 769 g/mol. The van der Waals surface area contributed by atoms with E-state index in [1.807, 2.05) is 0 Å². The summed E-state index contributed by atoms with van der Waals surface area (Å²) in [6.45, 7) is 6.60. The molecule has 0 amide bonds. The van der Waals surface area contributed by atoms with Gasteiger partial charge in [-0.3, -0.25) is 14.4 Å². The first-order chi connectivity index (χ1) is 30.5. The van der Waals surface area contributed by atoms with Crippen LogP contribution in [0.5, 0.6) is 0 Å². The van der Waals surface area contributed by atoms with Crippen LogP contribution < -0.4 is 0 Å². The molecule has 62 heavy (non-hydrogen) atoms. The minimum absolute atomic E-state index is 0.0722. The molecule has 0 aliphatic heterocycles. The molecule has 0 radical (unpaired) electrons. The van der Waals surface area contributed by atoms with E-state index in [2.05, 4.69) is 45.1 Å². The van der Waals surface area contributed by atoms with Crippen molar-refractivity contribution in [2.45, 2.75) is 303 Å². The van der Waals surface area contributed by atoms with Gasteiger partial charge in [0.2, 0.25) is 0 Å². The molecule has 0 aliphatic carbocycles. The van der Waals surface area contributed by atoms with Crippen LogP contribution in [0.2, 0.25) is 0 Å². The van der Waals surface area contributed by atoms with Gasteiger partial charge in [0.1, 0.15) is 13.2 Å². The zero-order chi connectivity index (χ0) is 45.1. The van der Waals surface area contributed by atoms with E-state index in [1.54, 1.807) is 0 Å². The smallest absolute Gasteiger partial charge is 0.306 e. The average molecular weight is 873 g/mol. The highest BCUT2D eigenvalue weighted by Gasteiger charge is 2.19. The Morgan fingerprint density at radius 2 is 0.597 bits per heavy atom. The van der Waals surface area contributed by atoms with Crippen molar-refractivity contribution in [3.05, 3.63) is 24.3 Å². The second-order valence-corrected chi connectivity index (χ2v) is 18.5. The van der Waals surface area contributed by atoms with Crippen LogP contribution in [0, 0.1) is 0 Å². The molecule has 1 unspecified atom stereocenters. The third kappa shape index (κ3) is 48.9. The molecule has 6 nitrogen and oxygen atoms in total. The lowest BCUT2D eigenvalue weighted by Crippen LogP contribution is -2.30. The van der Waals surface area contributed by atoms with Gasteiger partial charge >= 0.3 is 17.9 Å². The summed E-state index contributed by atoms with van der Waals surface area (Å²) in [5.41, 5.74) is 0. The summed E-state index contributed by atoms with van der Waals surface area (Å²) in [5.74, 6) is -0.873. The zero-order valence-electron chi connectivity index (χ0n) is 41.7. The highest BCUT2D eigenvalue weighted by atomic mass is 16.6. The maximum absolute atomic E-state index is 12.8. The van der Waals surface area contributed by atoms with Crippen LogP contribution in [0.1, 0.15) is 297 Å². The molecule has 0 aromatic carbocycles. The van der Waals surface area contributed by atoms with E-state index in [1.165, 1.54) is 173 Å². The van der Waals surface area contributed by atoms with Crippen molar-refractivity contribution in [3.63, 3.8) is 0 Å². The van der Waals surface area contributed by atoms with Gasteiger partial charge in [-0.15, -0.1) is 0 Å². The van der Waals surface area contributed by atoms with Crippen molar-refractivity contribution in [3.8, 4) is 0 Å². The lowest BCUT2D eigenvalue weighted by molar-refractivity contribution is -0.167. The highest BCUT2D eigenvalue weighted by molar-refractivity contribution is 5.71. The summed E-state index contributed by atoms with van der Waals surface area (Å²) in [5, 5.41) is 0. The quantitative estimate of drug-likeness (QED) is 0.0262. The molecule has 0 aromatic heterocycles. The van der Waals surface area contributed by atoms with Crippen molar-refractivity contribution in [2.75, 3.05) is 13.2 Å². The molecule has 0 spiro atoms. The number of unbranched alkanes of at least 4 members (excludes halogenated alkanes) is 35. The number of hydrogen-bond donors (Lipinski definition) is 0. The van der Waals surface area contributed by atoms with Crippen LogP contribution in [0.25, 0.3) is 0 Å². The second kappa shape index (κ2) is 51.5. The Kier molecular flexibility index (Phi) is 49.8. The summed E-state index contributed by atoms with van der Waals surface area (Å²) >= 11 is 0. The van der Waals surface area contributed by atoms with Gasteiger partial charge in [-0.25, -0.2) is 0 Å². The number of esters is 3. The fraction of sp³-hybridized carbons (Fsp3) is 0.875. The number of carbonyl (C=O) groups is 3. The maximum Gasteiger partial charge on any atom is 0.306 e. The Hall–Kier alpha value is -2.11. The van der Waals surface area contributed by atoms with Gasteiger partial charge in [-0.05, 0) is 44.9 Å². The molecule has 0 rings (SSSR count). The van der Waals surface area contributed by atoms with Crippen molar-refractivity contribution in [2.24, 2.45) is 0 Å². The average Bonchev–Trinajstić information content (AvgIpc) is 3.27. The number of ether oxygens (including phenoxy) is 3. The Morgan fingerprint density at radius 1 is 0.323 bits per heavy atom. The number of allylic oxidation sites excluding steroid dienone is 4. The molecule has 364 valence electrons. The first-order valence-corrected chi connectivity index (χ1v) is 27.3. The minimum atomic E-state index is -0.772. The summed E-state index contributed by atoms with van der Waals surface area (Å²) in [7, 11) is 0. The van der Waals surface area contributed by atoms with Crippen LogP contribution in [-0.2, 0) is 28.6 Å². The number of carbonyl (C=O) groups excluding carboxylic acids is 3. The van der Waals surface area contributed by atoms with E-state index in [9.17, 15) is 14.4 Å². The van der Waals surface area contributed by atoms with Crippen LogP contribution in [0.15, 0.2) is 24.3 Å². The summed E-state index contributed by atoms with van der Waals surface area (Å²) in [4.78, 5) is 37.9. The van der Waals surface area contributed by atoms with E-state index >= 15 is 0 Å². The van der Waals surface area contributed by atoms with Gasteiger partial charge in [-0.1, -0.05) is 257 Å². The number of rotatable bonds is 50. The second-order valence-electron chi connectivity index (χ2n) is 18.5. The van der Waals surface area contributed by atoms with Crippen molar-refractivity contribution < 1.29 is 28.6 Å². The van der Waals surface area contributed by atoms with Crippen molar-refractivity contribution >= 4 is 17.9 Å². The Labute approximate surface area is 385 Å². The van der Waals surface area contributed by atoms with E-state index in [4.69, 9.17) is 14.2 Å². The normalized spacial score (nSPS) is 12.1. The first-order valence-electron chi connectivity index (χ1n) is 27.3. The topological polar surface area (TPSA) is 78.9 Å². The summed E-state index contributed by atoms with van der Waals surface area (Å²) in [6, 6.07) is 0. The molecule has 0 fully saturated rings. The molecule has 0 heterocycles. The molecule has 0 saturated carbocycles. The van der Waals surface area contributed by atoms with E-state index in [0.29, 0.717) is 19.3 Å². The fourth-order valence-electron chi connectivity index (χ4n) is 8.05. The van der Waals surface area contributed by atoms with Crippen LogP contribution in [0.4, 0.5) is 0 Å². The monoisotopic (exact) mass is 873 g/mol. The molecular formula is C56H104O6. The van der Waals surface area contributed by atoms with E-state index < -0.39 is 6.10 Å². The molecule has 6 heteroatoms. The van der Waals surface area contributed by atoms with E-state index in [0.717, 1.165) is 83.5 Å². The van der Waals surface area contributed by atoms with Crippen LogP contribution in [0.3, 0.4) is 0 Å². The molecule has 0 bridgehead atoms. The lowest BCUT2D eigenvalue weighted by atomic mass is 10.0. The fourth-order valence-corrected chi connectivity index (χ4v) is 8.05. The van der Waals surface area contributed by atoms with Crippen LogP contribution >= 0.6 is 0 Å². The Balaban J connectivity index is 4.21. The minimum Gasteiger partial charge on any atom is -0.462 e. The highest BCUT2D eigenvalue weighted by Crippen LogP contribution is 2.17. The lowest BCUT2D eigenvalue weighted by Gasteiger charge is -2.18. The standard InChI is InChI=1S/C56H104O6/c1-4-7-10-13-16-19-21-23-25-26-27-28-29-30-31-33-34-37-40-43-46-49-55(58)61-52-53(51-60-54(57)48-45-42-39-36-18-15-12-9-6-3)62-56(59)50-47-44-41-38-35-32-24-22-20-17-14-11-8-5-2/h14,17,22,24,53H,4-13,15-16,18-21,23,25-52H2,1-3H3/b17-14-,24-22-. The molecule has 0 aliphatic rings. The first kappa shape index (κ1) is 59.9. The summed E-state index contributed by atoms with van der Waals surface area (Å²) < 4.78 is 16.8. The van der Waals surface area contributed by atoms with Gasteiger partial charge in [0, 0.05) is 19.3 Å². The summed E-state index contributed by atoms with van der Waals surface area (Å²) in [6.07, 6.45) is 58.9. The van der Waals surface area contributed by atoms with E-state index in [-0.39, 0.29) is 31.1 Å². The molecule has 0 aromatic rings. The van der Waals surface area contributed by atoms with Gasteiger partial charge < -0.3 is 14.2 Å². The third-order valence-corrected chi connectivity index (χ3v) is 12.2. The van der Waals surface area contributed by atoms with Gasteiger partial charge in [-0.2, -0.15) is 0 Å². The zero-order valence-corrected chi connectivity index (χ0v) is 41.7. The van der Waals surface area contributed by atoms with Crippen molar-refractivity contribution in [1.82, 2.24) is 0 Å². The SMILES string of the molecule is CCCC/C=C\C/C=C\CCCCCCCC(=O)OC(COC(=O)CCCCCCCCCCC)COC(=O)CCCCCCCCCCCCCCCCCCCCCCC. The van der Waals surface area contributed by atoms with Crippen molar-refractivity contribution in [1.29, 1.82) is 0 Å². The molecule has 0 saturated heterocycles. The third-order valence-electron chi connectivity index (χ3n) is 12.2. The number of hydrogen-bond acceptors (Lipinski definition) is 6. The van der Waals surface area contributed by atoms with Gasteiger partial charge in [0.05, 0.1) is 0 Å².